The zero-order chi connectivity index (χ0) is 11.3. The van der Waals surface area contributed by atoms with Gasteiger partial charge in [-0.25, -0.2) is 0 Å². The van der Waals surface area contributed by atoms with Crippen molar-refractivity contribution >= 4 is 11.5 Å². The van der Waals surface area contributed by atoms with Crippen LogP contribution in [0.2, 0.25) is 0 Å². The molecule has 5 heteroatoms. The van der Waals surface area contributed by atoms with Crippen molar-refractivity contribution in [3.05, 3.63) is 41.4 Å². The van der Waals surface area contributed by atoms with Gasteiger partial charge in [0.25, 0.3) is 5.78 Å². The Morgan fingerprint density at radius 3 is 2.47 bits per heavy atom. The van der Waals surface area contributed by atoms with Crippen LogP contribution in [0.3, 0.4) is 0 Å². The van der Waals surface area contributed by atoms with Crippen molar-refractivity contribution in [2.45, 2.75) is 6.10 Å². The normalized spacial score (nSPS) is 11.6. The molecule has 1 aromatic carbocycles. The standard InChI is InChI=1S/C10H10N2O3/c11-12-9(8(14)6-13)10(15)7-4-2-1-3-5-7/h1-5,8,13-14H,6H2. The first kappa shape index (κ1) is 11.3. The molecule has 0 aliphatic heterocycles. The molecule has 0 saturated carbocycles. The topological polar surface area (TPSA) is 93.9 Å². The van der Waals surface area contributed by atoms with Crippen LogP contribution in [0.25, 0.3) is 5.53 Å². The second kappa shape index (κ2) is 5.17. The Bertz CT molecular complexity index is 396. The number of nitrogens with zero attached hydrogens (tertiary/aromatic N) is 2. The maximum Gasteiger partial charge on any atom is 0.369 e. The van der Waals surface area contributed by atoms with Gasteiger partial charge in [0.15, 0.2) is 6.10 Å². The highest BCUT2D eigenvalue weighted by Gasteiger charge is 2.29. The zero-order valence-electron chi connectivity index (χ0n) is 7.87. The van der Waals surface area contributed by atoms with Crippen molar-refractivity contribution in [1.29, 1.82) is 0 Å². The highest BCUT2D eigenvalue weighted by molar-refractivity contribution is 6.45. The molecule has 0 aromatic heterocycles. The van der Waals surface area contributed by atoms with Crippen LogP contribution in [0.15, 0.2) is 30.3 Å². The predicted molar refractivity (Wildman–Crippen MR) is 52.5 cm³/mol. The number of aliphatic hydroxyl groups is 2. The molecule has 0 saturated heterocycles. The molecule has 0 amide bonds. The third-order valence-corrected chi connectivity index (χ3v) is 1.86. The molecule has 15 heavy (non-hydrogen) atoms. The lowest BCUT2D eigenvalue weighted by atomic mass is 10.0. The number of Topliss-reactive ketones (excluding diaryl/α,β-unsaturated/α-hetero) is 1. The van der Waals surface area contributed by atoms with E-state index in [2.05, 4.69) is 4.79 Å². The van der Waals surface area contributed by atoms with E-state index < -0.39 is 24.2 Å². The van der Waals surface area contributed by atoms with Crippen molar-refractivity contribution in [2.24, 2.45) is 0 Å². The SMILES string of the molecule is [N-]=[N+]=C(C(=O)c1ccccc1)C(O)CO. The molecule has 1 rings (SSSR count). The van der Waals surface area contributed by atoms with Gasteiger partial charge in [0, 0.05) is 5.56 Å². The molecule has 2 N–H and O–H groups in total. The summed E-state index contributed by atoms with van der Waals surface area (Å²) in [6, 6.07) is 8.07. The number of carbonyl (C=O) groups excluding carboxylic acids is 1. The van der Waals surface area contributed by atoms with Gasteiger partial charge in [-0.2, -0.15) is 4.79 Å². The molecule has 5 nitrogen and oxygen atoms in total. The van der Waals surface area contributed by atoms with E-state index in [0.717, 1.165) is 0 Å². The van der Waals surface area contributed by atoms with E-state index in [-0.39, 0.29) is 5.56 Å². The van der Waals surface area contributed by atoms with Crippen LogP contribution < -0.4 is 0 Å². The van der Waals surface area contributed by atoms with Crippen LogP contribution in [0.5, 0.6) is 0 Å². The van der Waals surface area contributed by atoms with Crippen LogP contribution in [0, 0.1) is 0 Å². The van der Waals surface area contributed by atoms with Crippen LogP contribution in [-0.4, -0.2) is 39.2 Å². The lowest BCUT2D eigenvalue weighted by Crippen LogP contribution is -2.32. The molecule has 0 bridgehead atoms. The Morgan fingerprint density at radius 2 is 2.00 bits per heavy atom. The first-order valence-electron chi connectivity index (χ1n) is 4.31. The molecular formula is C10H10N2O3. The molecule has 0 aliphatic rings. The minimum atomic E-state index is -1.47. The van der Waals surface area contributed by atoms with Crippen LogP contribution in [-0.2, 0) is 0 Å². The average Bonchev–Trinajstić information content (AvgIpc) is 2.30. The second-order valence-electron chi connectivity index (χ2n) is 2.88. The summed E-state index contributed by atoms with van der Waals surface area (Å²) in [5.41, 5.74) is 8.38. The monoisotopic (exact) mass is 206 g/mol. The maximum absolute atomic E-state index is 11.6. The molecule has 1 unspecified atom stereocenters. The lowest BCUT2D eigenvalue weighted by molar-refractivity contribution is -0.0256. The van der Waals surface area contributed by atoms with Gasteiger partial charge in [0.2, 0.25) is 0 Å². The van der Waals surface area contributed by atoms with Gasteiger partial charge in [-0.3, -0.25) is 4.79 Å². The number of carbonyl (C=O) groups is 1. The summed E-state index contributed by atoms with van der Waals surface area (Å²) in [5, 5.41) is 17.8. The van der Waals surface area contributed by atoms with Crippen molar-refractivity contribution in [1.82, 2.24) is 0 Å². The van der Waals surface area contributed by atoms with Gasteiger partial charge in [0.1, 0.15) is 0 Å². The molecule has 0 aliphatic carbocycles. The predicted octanol–water partition coefficient (Wildman–Crippen LogP) is -0.107. The van der Waals surface area contributed by atoms with Crippen LogP contribution in [0.4, 0.5) is 0 Å². The number of hydrogen-bond donors (Lipinski definition) is 2. The van der Waals surface area contributed by atoms with Crippen molar-refractivity contribution in [3.63, 3.8) is 0 Å². The van der Waals surface area contributed by atoms with E-state index >= 15 is 0 Å². The summed E-state index contributed by atoms with van der Waals surface area (Å²) in [4.78, 5) is 14.3. The summed E-state index contributed by atoms with van der Waals surface area (Å²) in [6.07, 6.45) is -1.47. The molecule has 0 heterocycles. The summed E-state index contributed by atoms with van der Waals surface area (Å²) >= 11 is 0. The van der Waals surface area contributed by atoms with Crippen molar-refractivity contribution in [2.75, 3.05) is 6.61 Å². The molecule has 1 atom stereocenters. The van der Waals surface area contributed by atoms with E-state index in [0.29, 0.717) is 0 Å². The largest absolute Gasteiger partial charge is 0.393 e. The number of ketones is 1. The van der Waals surface area contributed by atoms with E-state index in [4.69, 9.17) is 10.6 Å². The Kier molecular flexibility index (Phi) is 3.88. The smallest absolute Gasteiger partial charge is 0.369 e. The fraction of sp³-hybridized carbons (Fsp3) is 0.200. The summed E-state index contributed by atoms with van der Waals surface area (Å²) in [6.45, 7) is -0.669. The highest BCUT2D eigenvalue weighted by Crippen LogP contribution is 2.02. The van der Waals surface area contributed by atoms with Gasteiger partial charge in [-0.05, 0) is 0 Å². The van der Waals surface area contributed by atoms with Crippen LogP contribution >= 0.6 is 0 Å². The first-order valence-corrected chi connectivity index (χ1v) is 4.31. The Labute approximate surface area is 86.2 Å². The summed E-state index contributed by atoms with van der Waals surface area (Å²) in [7, 11) is 0. The lowest BCUT2D eigenvalue weighted by Gasteiger charge is -2.00. The minimum Gasteiger partial charge on any atom is -0.393 e. The van der Waals surface area contributed by atoms with Gasteiger partial charge in [0.05, 0.1) is 6.61 Å². The van der Waals surface area contributed by atoms with E-state index in [9.17, 15) is 9.90 Å². The van der Waals surface area contributed by atoms with E-state index in [1.165, 1.54) is 12.1 Å². The Hall–Kier alpha value is -1.81. The van der Waals surface area contributed by atoms with E-state index in [1.807, 2.05) is 0 Å². The first-order chi connectivity index (χ1) is 7.20. The molecule has 0 radical (unpaired) electrons. The minimum absolute atomic E-state index is 0.290. The van der Waals surface area contributed by atoms with Gasteiger partial charge in [-0.15, -0.1) is 0 Å². The number of hydrogen-bond acceptors (Lipinski definition) is 3. The second-order valence-corrected chi connectivity index (χ2v) is 2.88. The quantitative estimate of drug-likeness (QED) is 0.311. The number of benzene rings is 1. The van der Waals surface area contributed by atoms with E-state index in [1.54, 1.807) is 18.2 Å². The fourth-order valence-electron chi connectivity index (χ4n) is 1.09. The maximum atomic E-state index is 11.6. The van der Waals surface area contributed by atoms with Gasteiger partial charge < -0.3 is 15.7 Å². The van der Waals surface area contributed by atoms with Gasteiger partial charge in [-0.1, -0.05) is 30.3 Å². The Balaban J connectivity index is 2.99. The van der Waals surface area contributed by atoms with Crippen LogP contribution in [0.1, 0.15) is 10.4 Å². The third-order valence-electron chi connectivity index (χ3n) is 1.86. The van der Waals surface area contributed by atoms with Crippen molar-refractivity contribution in [3.8, 4) is 0 Å². The number of aliphatic hydroxyl groups excluding tert-OH is 2. The summed E-state index contributed by atoms with van der Waals surface area (Å²) in [5.74, 6) is -0.611. The Morgan fingerprint density at radius 1 is 1.40 bits per heavy atom. The third kappa shape index (κ3) is 2.57. The molecular weight excluding hydrogens is 196 g/mol. The molecule has 0 fully saturated rings. The van der Waals surface area contributed by atoms with Gasteiger partial charge >= 0.3 is 5.71 Å². The average molecular weight is 206 g/mol. The summed E-state index contributed by atoms with van der Waals surface area (Å²) < 4.78 is 0. The molecule has 0 spiro atoms. The molecule has 1 aromatic rings. The highest BCUT2D eigenvalue weighted by atomic mass is 16.3. The fourth-order valence-corrected chi connectivity index (χ4v) is 1.09. The zero-order valence-corrected chi connectivity index (χ0v) is 7.87. The van der Waals surface area contributed by atoms with Crippen molar-refractivity contribution < 1.29 is 19.8 Å². The number of rotatable bonds is 4. The molecule has 78 valence electrons.